The van der Waals surface area contributed by atoms with Gasteiger partial charge in [-0.1, -0.05) is 0 Å². The summed E-state index contributed by atoms with van der Waals surface area (Å²) in [4.78, 5) is 21.8. The Morgan fingerprint density at radius 1 is 1.38 bits per heavy atom. The largest absolute Gasteiger partial charge is 0.460 e. The van der Waals surface area contributed by atoms with E-state index in [4.69, 9.17) is 10.00 Å². The van der Waals surface area contributed by atoms with Crippen molar-refractivity contribution in [3.63, 3.8) is 0 Å². The van der Waals surface area contributed by atoms with Crippen LogP contribution in [0.1, 0.15) is 33.6 Å². The fourth-order valence-electron chi connectivity index (χ4n) is 0.689. The highest BCUT2D eigenvalue weighted by atomic mass is 16.6. The van der Waals surface area contributed by atoms with Crippen LogP contribution in [-0.2, 0) is 14.3 Å². The summed E-state index contributed by atoms with van der Waals surface area (Å²) in [6, 6.07) is 1.68. The third-order valence-corrected chi connectivity index (χ3v) is 1.04. The number of ether oxygens (including phenoxy) is 1. The highest BCUT2D eigenvalue weighted by molar-refractivity contribution is 5.96. The zero-order chi connectivity index (χ0) is 10.5. The summed E-state index contributed by atoms with van der Waals surface area (Å²) in [5.41, 5.74) is -0.579. The maximum absolute atomic E-state index is 11.0. The van der Waals surface area contributed by atoms with Gasteiger partial charge in [0.2, 0.25) is 0 Å². The van der Waals surface area contributed by atoms with Gasteiger partial charge >= 0.3 is 5.97 Å². The first-order chi connectivity index (χ1) is 5.85. The molecule has 0 aliphatic rings. The van der Waals surface area contributed by atoms with Crippen LogP contribution in [0.25, 0.3) is 0 Å². The monoisotopic (exact) mass is 183 g/mol. The summed E-state index contributed by atoms with van der Waals surface area (Å²) in [5.74, 6) is -0.982. The molecule has 0 saturated carbocycles. The third-order valence-electron chi connectivity index (χ3n) is 1.04. The number of hydrogen-bond acceptors (Lipinski definition) is 4. The van der Waals surface area contributed by atoms with Gasteiger partial charge < -0.3 is 4.74 Å². The van der Waals surface area contributed by atoms with Gasteiger partial charge in [-0.25, -0.2) is 0 Å². The average Bonchev–Trinajstić information content (AvgIpc) is 1.81. The van der Waals surface area contributed by atoms with E-state index in [2.05, 4.69) is 0 Å². The molecule has 0 saturated heterocycles. The molecule has 0 aliphatic carbocycles. The smallest absolute Gasteiger partial charge is 0.313 e. The van der Waals surface area contributed by atoms with E-state index in [0.717, 1.165) is 0 Å². The molecule has 0 fully saturated rings. The van der Waals surface area contributed by atoms with Crippen molar-refractivity contribution in [3.8, 4) is 6.07 Å². The molecule has 0 heterocycles. The van der Waals surface area contributed by atoms with Crippen LogP contribution in [0.5, 0.6) is 0 Å². The van der Waals surface area contributed by atoms with E-state index in [1.807, 2.05) is 0 Å². The first-order valence-corrected chi connectivity index (χ1v) is 3.95. The second-order valence-electron chi connectivity index (χ2n) is 3.64. The van der Waals surface area contributed by atoms with Gasteiger partial charge in [0.25, 0.3) is 0 Å². The van der Waals surface area contributed by atoms with E-state index in [1.165, 1.54) is 0 Å². The van der Waals surface area contributed by atoms with E-state index >= 15 is 0 Å². The summed E-state index contributed by atoms with van der Waals surface area (Å²) < 4.78 is 4.89. The molecule has 13 heavy (non-hydrogen) atoms. The molecular weight excluding hydrogens is 170 g/mol. The van der Waals surface area contributed by atoms with Crippen LogP contribution in [0.4, 0.5) is 0 Å². The fourth-order valence-corrected chi connectivity index (χ4v) is 0.689. The molecule has 0 aliphatic heterocycles. The van der Waals surface area contributed by atoms with Crippen molar-refractivity contribution < 1.29 is 14.3 Å². The number of esters is 1. The summed E-state index contributed by atoms with van der Waals surface area (Å²) >= 11 is 0. The van der Waals surface area contributed by atoms with E-state index in [1.54, 1.807) is 26.8 Å². The van der Waals surface area contributed by atoms with Crippen LogP contribution >= 0.6 is 0 Å². The molecule has 4 nitrogen and oxygen atoms in total. The standard InChI is InChI=1S/C9H13NO3/c1-9(2,3)13-8(12)6-7(11)4-5-10/h4,6H2,1-3H3. The minimum atomic E-state index is -0.579. The van der Waals surface area contributed by atoms with Gasteiger partial charge in [-0.05, 0) is 20.8 Å². The number of nitrogens with zero attached hydrogens (tertiary/aromatic N) is 1. The molecule has 0 atom stereocenters. The van der Waals surface area contributed by atoms with Gasteiger partial charge in [-0.15, -0.1) is 0 Å². The lowest BCUT2D eigenvalue weighted by Crippen LogP contribution is -2.25. The Balaban J connectivity index is 3.90. The Bertz CT molecular complexity index is 245. The van der Waals surface area contributed by atoms with Gasteiger partial charge in [0, 0.05) is 0 Å². The van der Waals surface area contributed by atoms with Crippen LogP contribution in [0.15, 0.2) is 0 Å². The van der Waals surface area contributed by atoms with Gasteiger partial charge in [-0.2, -0.15) is 5.26 Å². The molecule has 0 aromatic heterocycles. The predicted octanol–water partition coefficient (Wildman–Crippen LogP) is 1.20. The number of Topliss-reactive ketones (excluding diaryl/α,β-unsaturated/α-hetero) is 1. The Labute approximate surface area is 77.5 Å². The second-order valence-corrected chi connectivity index (χ2v) is 3.64. The Morgan fingerprint density at radius 2 is 1.92 bits per heavy atom. The van der Waals surface area contributed by atoms with Crippen molar-refractivity contribution in [1.82, 2.24) is 0 Å². The van der Waals surface area contributed by atoms with Crippen molar-refractivity contribution in [2.45, 2.75) is 39.2 Å². The lowest BCUT2D eigenvalue weighted by Gasteiger charge is -2.18. The van der Waals surface area contributed by atoms with Crippen molar-refractivity contribution >= 4 is 11.8 Å². The summed E-state index contributed by atoms with van der Waals surface area (Å²) in [6.07, 6.45) is -0.552. The highest BCUT2D eigenvalue weighted by Crippen LogP contribution is 2.08. The topological polar surface area (TPSA) is 67.2 Å². The average molecular weight is 183 g/mol. The molecule has 4 heteroatoms. The van der Waals surface area contributed by atoms with Crippen LogP contribution in [0.2, 0.25) is 0 Å². The van der Waals surface area contributed by atoms with Crippen LogP contribution < -0.4 is 0 Å². The molecule has 0 unspecified atom stereocenters. The lowest BCUT2D eigenvalue weighted by molar-refractivity contribution is -0.156. The van der Waals surface area contributed by atoms with E-state index in [9.17, 15) is 9.59 Å². The first-order valence-electron chi connectivity index (χ1n) is 3.95. The molecule has 0 amide bonds. The van der Waals surface area contributed by atoms with Crippen molar-refractivity contribution in [2.75, 3.05) is 0 Å². The molecule has 0 aromatic carbocycles. The van der Waals surface area contributed by atoms with Crippen molar-refractivity contribution in [2.24, 2.45) is 0 Å². The zero-order valence-electron chi connectivity index (χ0n) is 8.09. The van der Waals surface area contributed by atoms with E-state index in [-0.39, 0.29) is 12.8 Å². The number of carbonyl (C=O) groups is 2. The van der Waals surface area contributed by atoms with E-state index in [0.29, 0.717) is 0 Å². The highest BCUT2D eigenvalue weighted by Gasteiger charge is 2.18. The maximum Gasteiger partial charge on any atom is 0.313 e. The molecule has 0 N–H and O–H groups in total. The van der Waals surface area contributed by atoms with Gasteiger partial charge in [0.1, 0.15) is 12.0 Å². The van der Waals surface area contributed by atoms with E-state index < -0.39 is 17.4 Å². The summed E-state index contributed by atoms with van der Waals surface area (Å²) in [7, 11) is 0. The fraction of sp³-hybridized carbons (Fsp3) is 0.667. The van der Waals surface area contributed by atoms with Crippen LogP contribution in [0, 0.1) is 11.3 Å². The van der Waals surface area contributed by atoms with Gasteiger partial charge in [0.05, 0.1) is 12.5 Å². The molecule has 0 rings (SSSR count). The van der Waals surface area contributed by atoms with Crippen molar-refractivity contribution in [3.05, 3.63) is 0 Å². The van der Waals surface area contributed by atoms with Gasteiger partial charge in [-0.3, -0.25) is 9.59 Å². The molecular formula is C9H13NO3. The van der Waals surface area contributed by atoms with Gasteiger partial charge in [0.15, 0.2) is 5.78 Å². The molecule has 0 bridgehead atoms. The molecule has 0 radical (unpaired) electrons. The summed E-state index contributed by atoms with van der Waals surface area (Å²) in [5, 5.41) is 8.16. The molecule has 0 spiro atoms. The Morgan fingerprint density at radius 3 is 2.31 bits per heavy atom. The number of hydrogen-bond donors (Lipinski definition) is 0. The minimum absolute atomic E-state index is 0.237. The van der Waals surface area contributed by atoms with Crippen LogP contribution in [0.3, 0.4) is 0 Å². The Hall–Kier alpha value is -1.37. The predicted molar refractivity (Wildman–Crippen MR) is 45.7 cm³/mol. The van der Waals surface area contributed by atoms with Crippen LogP contribution in [-0.4, -0.2) is 17.4 Å². The maximum atomic E-state index is 11.0. The number of ketones is 1. The molecule has 0 aromatic rings. The normalized spacial score (nSPS) is 10.3. The second kappa shape index (κ2) is 4.61. The Kier molecular flexibility index (Phi) is 4.12. The molecule has 72 valence electrons. The SMILES string of the molecule is CC(C)(C)OC(=O)CC(=O)CC#N. The number of rotatable bonds is 3. The number of carbonyl (C=O) groups excluding carboxylic acids is 2. The summed E-state index contributed by atoms with van der Waals surface area (Å²) in [6.45, 7) is 5.17. The lowest BCUT2D eigenvalue weighted by atomic mass is 10.2. The first kappa shape index (κ1) is 11.6. The van der Waals surface area contributed by atoms with Crippen molar-refractivity contribution in [1.29, 1.82) is 5.26 Å². The third kappa shape index (κ3) is 7.01. The zero-order valence-corrected chi connectivity index (χ0v) is 8.09. The quantitative estimate of drug-likeness (QED) is 0.487. The number of nitriles is 1. The minimum Gasteiger partial charge on any atom is -0.460 e.